The van der Waals surface area contributed by atoms with Gasteiger partial charge in [0.1, 0.15) is 5.15 Å². The number of hydrogen-bond acceptors (Lipinski definition) is 3. The van der Waals surface area contributed by atoms with E-state index in [4.69, 9.17) is 16.7 Å². The molecule has 0 fully saturated rings. The summed E-state index contributed by atoms with van der Waals surface area (Å²) in [6, 6.07) is 3.61. The van der Waals surface area contributed by atoms with Gasteiger partial charge in [-0.1, -0.05) is 11.6 Å². The first kappa shape index (κ1) is 6.86. The van der Waals surface area contributed by atoms with Crippen LogP contribution in [0.25, 0.3) is 0 Å². The van der Waals surface area contributed by atoms with Crippen LogP contribution < -0.4 is 5.14 Å². The van der Waals surface area contributed by atoms with Crippen molar-refractivity contribution < 1.29 is 0 Å². The van der Waals surface area contributed by atoms with Crippen molar-refractivity contribution in [2.45, 2.75) is 4.90 Å². The highest BCUT2D eigenvalue weighted by molar-refractivity contribution is 7.97. The molecule has 0 saturated carbocycles. The Balaban J connectivity index is 3.01. The molecule has 4 heteroatoms. The molecule has 2 N–H and O–H groups in total. The summed E-state index contributed by atoms with van der Waals surface area (Å²) in [5, 5.41) is 5.71. The number of nitrogens with two attached hydrogens (primary N) is 1. The molecule has 0 unspecified atom stereocenters. The average molecular weight is 161 g/mol. The van der Waals surface area contributed by atoms with Crippen LogP contribution in [0.5, 0.6) is 0 Å². The molecule has 0 bridgehead atoms. The zero-order chi connectivity index (χ0) is 6.69. The zero-order valence-electron chi connectivity index (χ0n) is 4.54. The van der Waals surface area contributed by atoms with Crippen LogP contribution in [0.2, 0.25) is 5.15 Å². The lowest BCUT2D eigenvalue weighted by molar-refractivity contribution is 1.24. The molecule has 0 amide bonds. The Morgan fingerprint density at radius 2 is 2.44 bits per heavy atom. The number of pyridine rings is 1. The zero-order valence-corrected chi connectivity index (χ0v) is 6.12. The van der Waals surface area contributed by atoms with Crippen molar-refractivity contribution in [2.24, 2.45) is 5.14 Å². The van der Waals surface area contributed by atoms with Gasteiger partial charge in [-0.05, 0) is 24.1 Å². The van der Waals surface area contributed by atoms with Crippen LogP contribution in [-0.4, -0.2) is 4.98 Å². The van der Waals surface area contributed by atoms with E-state index >= 15 is 0 Å². The lowest BCUT2D eigenvalue weighted by Gasteiger charge is -1.94. The van der Waals surface area contributed by atoms with Crippen LogP contribution in [0.15, 0.2) is 23.2 Å². The minimum atomic E-state index is 0.463. The number of halogens is 1. The maximum absolute atomic E-state index is 5.61. The summed E-state index contributed by atoms with van der Waals surface area (Å²) >= 11 is 6.71. The molecule has 9 heavy (non-hydrogen) atoms. The predicted octanol–water partition coefficient (Wildman–Crippen LogP) is 1.70. The predicted molar refractivity (Wildman–Crippen MR) is 39.3 cm³/mol. The molecule has 1 rings (SSSR count). The van der Waals surface area contributed by atoms with E-state index in [9.17, 15) is 0 Å². The highest BCUT2D eigenvalue weighted by Gasteiger charge is 1.95. The Hall–Kier alpha value is -0.250. The van der Waals surface area contributed by atoms with Crippen molar-refractivity contribution in [1.29, 1.82) is 0 Å². The molecule has 0 atom stereocenters. The fourth-order valence-corrected chi connectivity index (χ4v) is 1.02. The van der Waals surface area contributed by atoms with Crippen LogP contribution in [0.4, 0.5) is 0 Å². The van der Waals surface area contributed by atoms with Gasteiger partial charge in [0.05, 0.1) is 4.90 Å². The molecule has 2 nitrogen and oxygen atoms in total. The van der Waals surface area contributed by atoms with Crippen LogP contribution in [0.1, 0.15) is 0 Å². The largest absolute Gasteiger partial charge is 0.273 e. The minimum absolute atomic E-state index is 0.463. The summed E-state index contributed by atoms with van der Waals surface area (Å²) in [7, 11) is 0. The van der Waals surface area contributed by atoms with Gasteiger partial charge >= 0.3 is 0 Å². The maximum Gasteiger partial charge on any atom is 0.143 e. The summed E-state index contributed by atoms with van der Waals surface area (Å²) in [5.41, 5.74) is 0. The van der Waals surface area contributed by atoms with Gasteiger partial charge in [-0.3, -0.25) is 5.14 Å². The lowest BCUT2D eigenvalue weighted by atomic mass is 10.5. The van der Waals surface area contributed by atoms with E-state index in [0.29, 0.717) is 5.15 Å². The quantitative estimate of drug-likeness (QED) is 0.502. The molecule has 0 aliphatic rings. The molecule has 48 valence electrons. The van der Waals surface area contributed by atoms with Crippen molar-refractivity contribution in [3.63, 3.8) is 0 Å². The highest BCUT2D eigenvalue weighted by Crippen LogP contribution is 2.18. The summed E-state index contributed by atoms with van der Waals surface area (Å²) < 4.78 is 0. The standard InChI is InChI=1S/C5H5ClN2S/c6-5-4(9-7)2-1-3-8-5/h1-3H,7H2. The molecule has 0 aliphatic carbocycles. The molecule has 0 spiro atoms. The van der Waals surface area contributed by atoms with E-state index in [1.165, 1.54) is 0 Å². The lowest BCUT2D eigenvalue weighted by Crippen LogP contribution is -1.82. The number of hydrogen-bond donors (Lipinski definition) is 1. The van der Waals surface area contributed by atoms with Gasteiger partial charge in [-0.2, -0.15) is 0 Å². The third-order valence-electron chi connectivity index (χ3n) is 0.852. The summed E-state index contributed by atoms with van der Waals surface area (Å²) in [5.74, 6) is 0. The summed E-state index contributed by atoms with van der Waals surface area (Å²) in [4.78, 5) is 4.62. The van der Waals surface area contributed by atoms with E-state index in [0.717, 1.165) is 16.8 Å². The van der Waals surface area contributed by atoms with Crippen molar-refractivity contribution in [2.75, 3.05) is 0 Å². The van der Waals surface area contributed by atoms with Crippen molar-refractivity contribution in [3.05, 3.63) is 23.5 Å². The number of rotatable bonds is 1. The Labute approximate surface area is 62.6 Å². The Morgan fingerprint density at radius 1 is 1.67 bits per heavy atom. The van der Waals surface area contributed by atoms with Crippen molar-refractivity contribution in [3.8, 4) is 0 Å². The molecule has 0 aromatic carbocycles. The summed E-state index contributed by atoms with van der Waals surface area (Å²) in [6.45, 7) is 0. The van der Waals surface area contributed by atoms with E-state index < -0.39 is 0 Å². The molecule has 1 aromatic heterocycles. The first-order chi connectivity index (χ1) is 4.34. The molecule has 1 heterocycles. The molecule has 0 radical (unpaired) electrons. The first-order valence-electron chi connectivity index (χ1n) is 2.32. The molecular weight excluding hydrogens is 156 g/mol. The topological polar surface area (TPSA) is 38.9 Å². The fraction of sp³-hybridized carbons (Fsp3) is 0. The van der Waals surface area contributed by atoms with Crippen LogP contribution >= 0.6 is 23.5 Å². The van der Waals surface area contributed by atoms with Gasteiger partial charge in [-0.15, -0.1) is 0 Å². The minimum Gasteiger partial charge on any atom is -0.273 e. The smallest absolute Gasteiger partial charge is 0.143 e. The molecule has 0 saturated heterocycles. The third kappa shape index (κ3) is 1.58. The third-order valence-corrected chi connectivity index (χ3v) is 1.85. The number of nitrogens with zero attached hydrogens (tertiary/aromatic N) is 1. The molecule has 1 aromatic rings. The van der Waals surface area contributed by atoms with Crippen LogP contribution in [-0.2, 0) is 0 Å². The summed E-state index contributed by atoms with van der Waals surface area (Å²) in [6.07, 6.45) is 1.63. The van der Waals surface area contributed by atoms with Crippen LogP contribution in [0, 0.1) is 0 Å². The molecule has 0 aliphatic heterocycles. The Kier molecular flexibility index (Phi) is 2.33. The van der Waals surface area contributed by atoms with Gasteiger partial charge in [0.25, 0.3) is 0 Å². The van der Waals surface area contributed by atoms with E-state index in [1.54, 1.807) is 12.3 Å². The monoisotopic (exact) mass is 160 g/mol. The Morgan fingerprint density at radius 3 is 2.89 bits per heavy atom. The van der Waals surface area contributed by atoms with Gasteiger partial charge in [0.2, 0.25) is 0 Å². The average Bonchev–Trinajstić information content (AvgIpc) is 1.89. The number of aromatic nitrogens is 1. The second-order valence-electron chi connectivity index (χ2n) is 1.41. The Bertz CT molecular complexity index is 204. The van der Waals surface area contributed by atoms with Gasteiger partial charge in [0, 0.05) is 6.20 Å². The van der Waals surface area contributed by atoms with Gasteiger partial charge in [-0.25, -0.2) is 4.98 Å². The second-order valence-corrected chi connectivity index (χ2v) is 2.44. The van der Waals surface area contributed by atoms with E-state index in [1.807, 2.05) is 6.07 Å². The first-order valence-corrected chi connectivity index (χ1v) is 3.57. The second kappa shape index (κ2) is 3.06. The maximum atomic E-state index is 5.61. The molecular formula is C5H5ClN2S. The fourth-order valence-electron chi connectivity index (χ4n) is 0.459. The van der Waals surface area contributed by atoms with Crippen molar-refractivity contribution >= 4 is 23.5 Å². The highest BCUT2D eigenvalue weighted by atomic mass is 35.5. The SMILES string of the molecule is NSc1cccnc1Cl. The normalized spacial score (nSPS) is 9.56. The van der Waals surface area contributed by atoms with Gasteiger partial charge in [0.15, 0.2) is 0 Å². The van der Waals surface area contributed by atoms with Crippen LogP contribution in [0.3, 0.4) is 0 Å². The van der Waals surface area contributed by atoms with E-state index in [-0.39, 0.29) is 0 Å². The van der Waals surface area contributed by atoms with Crippen molar-refractivity contribution in [1.82, 2.24) is 4.98 Å². The van der Waals surface area contributed by atoms with E-state index in [2.05, 4.69) is 4.98 Å². The van der Waals surface area contributed by atoms with Gasteiger partial charge < -0.3 is 0 Å².